The second kappa shape index (κ2) is 5.43. The SMILES string of the molecule is CCS(=O)(=O)NC(=O)CN1CCNCC1. The van der Waals surface area contributed by atoms with Gasteiger partial charge in [-0.05, 0) is 6.92 Å². The van der Waals surface area contributed by atoms with Gasteiger partial charge in [-0.3, -0.25) is 14.4 Å². The van der Waals surface area contributed by atoms with Gasteiger partial charge >= 0.3 is 0 Å². The van der Waals surface area contributed by atoms with E-state index in [1.807, 2.05) is 9.62 Å². The van der Waals surface area contributed by atoms with Crippen LogP contribution in [0.4, 0.5) is 0 Å². The predicted molar refractivity (Wildman–Crippen MR) is 56.9 cm³/mol. The Labute approximate surface area is 90.1 Å². The van der Waals surface area contributed by atoms with E-state index in [0.717, 1.165) is 26.2 Å². The van der Waals surface area contributed by atoms with E-state index in [-0.39, 0.29) is 12.3 Å². The summed E-state index contributed by atoms with van der Waals surface area (Å²) in [7, 11) is -3.41. The smallest absolute Gasteiger partial charge is 0.247 e. The highest BCUT2D eigenvalue weighted by atomic mass is 32.2. The molecular weight excluding hydrogens is 218 g/mol. The number of carbonyl (C=O) groups is 1. The van der Waals surface area contributed by atoms with Crippen LogP contribution in [-0.4, -0.2) is 57.7 Å². The lowest BCUT2D eigenvalue weighted by Gasteiger charge is -2.26. The van der Waals surface area contributed by atoms with Gasteiger partial charge in [0.25, 0.3) is 0 Å². The molecule has 88 valence electrons. The van der Waals surface area contributed by atoms with Crippen molar-refractivity contribution in [1.82, 2.24) is 14.9 Å². The van der Waals surface area contributed by atoms with Crippen LogP contribution in [0.1, 0.15) is 6.92 Å². The minimum atomic E-state index is -3.41. The highest BCUT2D eigenvalue weighted by Crippen LogP contribution is 1.92. The summed E-state index contributed by atoms with van der Waals surface area (Å²) in [6.07, 6.45) is 0. The molecule has 15 heavy (non-hydrogen) atoms. The molecule has 0 saturated carbocycles. The number of rotatable bonds is 4. The van der Waals surface area contributed by atoms with Crippen LogP contribution < -0.4 is 10.0 Å². The van der Waals surface area contributed by atoms with Crippen LogP contribution in [0.2, 0.25) is 0 Å². The molecule has 0 aliphatic carbocycles. The van der Waals surface area contributed by atoms with Crippen LogP contribution >= 0.6 is 0 Å². The maximum atomic E-state index is 11.3. The lowest BCUT2D eigenvalue weighted by atomic mass is 10.3. The van der Waals surface area contributed by atoms with Gasteiger partial charge in [-0.2, -0.15) is 0 Å². The van der Waals surface area contributed by atoms with Gasteiger partial charge in [-0.25, -0.2) is 8.42 Å². The molecular formula is C8H17N3O3S. The Bertz CT molecular complexity index is 309. The molecule has 0 aromatic rings. The van der Waals surface area contributed by atoms with Crippen molar-refractivity contribution in [2.24, 2.45) is 0 Å². The Morgan fingerprint density at radius 2 is 2.00 bits per heavy atom. The molecule has 1 amide bonds. The first-order chi connectivity index (χ1) is 7.03. The molecule has 0 bridgehead atoms. The normalized spacial score (nSPS) is 18.7. The van der Waals surface area contributed by atoms with E-state index in [0.29, 0.717) is 0 Å². The van der Waals surface area contributed by atoms with Crippen LogP contribution in [0.3, 0.4) is 0 Å². The number of hydrogen-bond acceptors (Lipinski definition) is 5. The van der Waals surface area contributed by atoms with E-state index in [1.165, 1.54) is 6.92 Å². The Morgan fingerprint density at radius 1 is 1.40 bits per heavy atom. The maximum Gasteiger partial charge on any atom is 0.247 e. The molecule has 0 spiro atoms. The Morgan fingerprint density at radius 3 is 2.53 bits per heavy atom. The monoisotopic (exact) mass is 235 g/mol. The zero-order chi connectivity index (χ0) is 11.3. The number of nitrogens with zero attached hydrogens (tertiary/aromatic N) is 1. The summed E-state index contributed by atoms with van der Waals surface area (Å²) in [4.78, 5) is 13.3. The lowest BCUT2D eigenvalue weighted by Crippen LogP contribution is -2.48. The zero-order valence-electron chi connectivity index (χ0n) is 8.82. The standard InChI is InChI=1S/C8H17N3O3S/c1-2-15(13,14)10-8(12)7-11-5-3-9-4-6-11/h9H,2-7H2,1H3,(H,10,12). The van der Waals surface area contributed by atoms with Crippen molar-refractivity contribution in [2.75, 3.05) is 38.5 Å². The molecule has 1 fully saturated rings. The van der Waals surface area contributed by atoms with E-state index < -0.39 is 15.9 Å². The number of piperazine rings is 1. The second-order valence-corrected chi connectivity index (χ2v) is 5.47. The highest BCUT2D eigenvalue weighted by Gasteiger charge is 2.16. The summed E-state index contributed by atoms with van der Waals surface area (Å²) in [5, 5.41) is 3.16. The minimum Gasteiger partial charge on any atom is -0.314 e. The van der Waals surface area contributed by atoms with Crippen LogP contribution in [0.15, 0.2) is 0 Å². The van der Waals surface area contributed by atoms with Crippen molar-refractivity contribution in [3.05, 3.63) is 0 Å². The van der Waals surface area contributed by atoms with Gasteiger partial charge in [0.1, 0.15) is 0 Å². The van der Waals surface area contributed by atoms with Gasteiger partial charge in [0.2, 0.25) is 15.9 Å². The van der Waals surface area contributed by atoms with Gasteiger partial charge in [0, 0.05) is 26.2 Å². The van der Waals surface area contributed by atoms with Crippen molar-refractivity contribution in [1.29, 1.82) is 0 Å². The van der Waals surface area contributed by atoms with Crippen LogP contribution in [0, 0.1) is 0 Å². The Kier molecular flexibility index (Phi) is 4.49. The van der Waals surface area contributed by atoms with Gasteiger partial charge in [-0.15, -0.1) is 0 Å². The number of hydrogen-bond donors (Lipinski definition) is 2. The molecule has 1 heterocycles. The van der Waals surface area contributed by atoms with Crippen molar-refractivity contribution in [3.63, 3.8) is 0 Å². The number of amides is 1. The van der Waals surface area contributed by atoms with E-state index in [1.54, 1.807) is 0 Å². The average Bonchev–Trinajstić information content (AvgIpc) is 2.18. The van der Waals surface area contributed by atoms with E-state index >= 15 is 0 Å². The van der Waals surface area contributed by atoms with Gasteiger partial charge in [-0.1, -0.05) is 0 Å². The van der Waals surface area contributed by atoms with Crippen LogP contribution in [0.5, 0.6) is 0 Å². The molecule has 1 rings (SSSR count). The fraction of sp³-hybridized carbons (Fsp3) is 0.875. The molecule has 1 aliphatic rings. The molecule has 0 aromatic carbocycles. The van der Waals surface area contributed by atoms with Crippen LogP contribution in [-0.2, 0) is 14.8 Å². The highest BCUT2D eigenvalue weighted by molar-refractivity contribution is 7.90. The van der Waals surface area contributed by atoms with Crippen molar-refractivity contribution in [3.8, 4) is 0 Å². The fourth-order valence-electron chi connectivity index (χ4n) is 1.35. The summed E-state index contributed by atoms with van der Waals surface area (Å²) in [5.41, 5.74) is 0. The van der Waals surface area contributed by atoms with E-state index in [2.05, 4.69) is 5.32 Å². The molecule has 2 N–H and O–H groups in total. The number of nitrogens with one attached hydrogen (secondary N) is 2. The zero-order valence-corrected chi connectivity index (χ0v) is 9.64. The summed E-state index contributed by atoms with van der Waals surface area (Å²) >= 11 is 0. The Hall–Kier alpha value is -0.660. The van der Waals surface area contributed by atoms with Crippen LogP contribution in [0.25, 0.3) is 0 Å². The summed E-state index contributed by atoms with van der Waals surface area (Å²) in [6.45, 7) is 4.89. The molecule has 6 nitrogen and oxygen atoms in total. The first-order valence-corrected chi connectivity index (χ1v) is 6.65. The van der Waals surface area contributed by atoms with Gasteiger partial charge in [0.05, 0.1) is 12.3 Å². The van der Waals surface area contributed by atoms with Crippen molar-refractivity contribution in [2.45, 2.75) is 6.92 Å². The third-order valence-corrected chi connectivity index (χ3v) is 3.52. The quantitative estimate of drug-likeness (QED) is 0.611. The summed E-state index contributed by atoms with van der Waals surface area (Å²) in [5.74, 6) is -0.515. The number of sulfonamides is 1. The van der Waals surface area contributed by atoms with Crippen molar-refractivity contribution >= 4 is 15.9 Å². The minimum absolute atomic E-state index is 0.0692. The fourth-order valence-corrected chi connectivity index (χ4v) is 1.91. The van der Waals surface area contributed by atoms with Crippen molar-refractivity contribution < 1.29 is 13.2 Å². The third-order valence-electron chi connectivity index (χ3n) is 2.23. The second-order valence-electron chi connectivity index (χ2n) is 3.45. The van der Waals surface area contributed by atoms with E-state index in [9.17, 15) is 13.2 Å². The topological polar surface area (TPSA) is 78.5 Å². The van der Waals surface area contributed by atoms with Gasteiger partial charge in [0.15, 0.2) is 0 Å². The lowest BCUT2D eigenvalue weighted by molar-refractivity contribution is -0.120. The molecule has 7 heteroatoms. The summed E-state index contributed by atoms with van der Waals surface area (Å²) in [6, 6.07) is 0. The van der Waals surface area contributed by atoms with Gasteiger partial charge < -0.3 is 5.32 Å². The Balaban J connectivity index is 2.35. The average molecular weight is 235 g/mol. The largest absolute Gasteiger partial charge is 0.314 e. The molecule has 1 aliphatic heterocycles. The molecule has 0 atom stereocenters. The molecule has 0 radical (unpaired) electrons. The maximum absolute atomic E-state index is 11.3. The first kappa shape index (κ1) is 12.4. The molecule has 1 saturated heterocycles. The predicted octanol–water partition coefficient (Wildman–Crippen LogP) is -1.64. The first-order valence-electron chi connectivity index (χ1n) is 5.00. The molecule has 0 unspecified atom stereocenters. The van der Waals surface area contributed by atoms with E-state index in [4.69, 9.17) is 0 Å². The third kappa shape index (κ3) is 4.59. The molecule has 0 aromatic heterocycles. The number of carbonyl (C=O) groups excluding carboxylic acids is 1. The summed E-state index contributed by atoms with van der Waals surface area (Å²) < 4.78 is 24.2.